The fourth-order valence-electron chi connectivity index (χ4n) is 2.07. The van der Waals surface area contributed by atoms with Crippen molar-refractivity contribution in [3.05, 3.63) is 0 Å². The third-order valence-corrected chi connectivity index (χ3v) is 3.90. The van der Waals surface area contributed by atoms with Gasteiger partial charge in [0, 0.05) is 24.7 Å². The van der Waals surface area contributed by atoms with Crippen LogP contribution in [0, 0.1) is 5.92 Å². The lowest BCUT2D eigenvalue weighted by Gasteiger charge is -2.24. The molecular weight excluding hydrogens is 306 g/mol. The van der Waals surface area contributed by atoms with Crippen LogP contribution in [0.5, 0.6) is 0 Å². The van der Waals surface area contributed by atoms with Gasteiger partial charge >= 0.3 is 11.9 Å². The van der Waals surface area contributed by atoms with E-state index >= 15 is 0 Å². The summed E-state index contributed by atoms with van der Waals surface area (Å²) < 4.78 is 0. The standard InChI is InChI=1S/C11H16BrNO5/c12-5-7-4-9(14)13(6-7)8(11(17)18)2-1-3-10(15)16/h7-8H,1-6H2,(H,15,16)(H,17,18). The SMILES string of the molecule is O=C(O)CCCC(C(=O)O)N1CC(CBr)CC1=O. The Balaban J connectivity index is 2.59. The van der Waals surface area contributed by atoms with Crippen molar-refractivity contribution in [2.24, 2.45) is 5.92 Å². The molecule has 0 saturated carbocycles. The summed E-state index contributed by atoms with van der Waals surface area (Å²) in [5.74, 6) is -2.05. The number of likely N-dealkylation sites (tertiary alicyclic amines) is 1. The lowest BCUT2D eigenvalue weighted by atomic mass is 10.1. The van der Waals surface area contributed by atoms with Gasteiger partial charge in [0.1, 0.15) is 6.04 Å². The van der Waals surface area contributed by atoms with Gasteiger partial charge in [0.05, 0.1) is 0 Å². The molecule has 1 heterocycles. The van der Waals surface area contributed by atoms with E-state index < -0.39 is 18.0 Å². The van der Waals surface area contributed by atoms with Crippen molar-refractivity contribution in [3.63, 3.8) is 0 Å². The second-order valence-electron chi connectivity index (χ2n) is 4.41. The van der Waals surface area contributed by atoms with Crippen molar-refractivity contribution in [1.29, 1.82) is 0 Å². The van der Waals surface area contributed by atoms with Gasteiger partial charge in [0.2, 0.25) is 5.91 Å². The van der Waals surface area contributed by atoms with Crippen molar-refractivity contribution in [3.8, 4) is 0 Å². The molecule has 1 aliphatic rings. The van der Waals surface area contributed by atoms with Crippen LogP contribution in [-0.4, -0.2) is 50.9 Å². The molecule has 1 amide bonds. The first-order chi connectivity index (χ1) is 8.45. The van der Waals surface area contributed by atoms with Crippen LogP contribution in [0.1, 0.15) is 25.7 Å². The molecule has 102 valence electrons. The van der Waals surface area contributed by atoms with Gasteiger partial charge in [-0.05, 0) is 18.8 Å². The van der Waals surface area contributed by atoms with Crippen LogP contribution < -0.4 is 0 Å². The van der Waals surface area contributed by atoms with Gasteiger partial charge < -0.3 is 15.1 Å². The molecule has 0 spiro atoms. The first-order valence-corrected chi connectivity index (χ1v) is 6.88. The third-order valence-electron chi connectivity index (χ3n) is 2.99. The molecule has 0 bridgehead atoms. The number of carbonyl (C=O) groups excluding carboxylic acids is 1. The van der Waals surface area contributed by atoms with Crippen molar-refractivity contribution in [2.45, 2.75) is 31.7 Å². The van der Waals surface area contributed by atoms with Crippen LogP contribution in [-0.2, 0) is 14.4 Å². The van der Waals surface area contributed by atoms with E-state index in [1.54, 1.807) is 0 Å². The number of alkyl halides is 1. The highest BCUT2D eigenvalue weighted by Gasteiger charge is 2.36. The first-order valence-electron chi connectivity index (χ1n) is 5.75. The van der Waals surface area contributed by atoms with E-state index in [-0.39, 0.29) is 31.1 Å². The minimum Gasteiger partial charge on any atom is -0.481 e. The molecule has 2 N–H and O–H groups in total. The van der Waals surface area contributed by atoms with E-state index in [0.29, 0.717) is 18.3 Å². The van der Waals surface area contributed by atoms with E-state index in [9.17, 15) is 14.4 Å². The highest BCUT2D eigenvalue weighted by molar-refractivity contribution is 9.09. The molecule has 2 atom stereocenters. The Hall–Kier alpha value is -1.11. The smallest absolute Gasteiger partial charge is 0.326 e. The van der Waals surface area contributed by atoms with Gasteiger partial charge in [0.25, 0.3) is 0 Å². The van der Waals surface area contributed by atoms with Gasteiger partial charge in [-0.2, -0.15) is 0 Å². The number of hydrogen-bond donors (Lipinski definition) is 2. The normalized spacial score (nSPS) is 21.1. The average Bonchev–Trinajstić information content (AvgIpc) is 2.65. The first kappa shape index (κ1) is 14.9. The molecule has 0 aromatic heterocycles. The van der Waals surface area contributed by atoms with Crippen LogP contribution in [0.25, 0.3) is 0 Å². The van der Waals surface area contributed by atoms with Crippen molar-refractivity contribution in [2.75, 3.05) is 11.9 Å². The Bertz CT molecular complexity index is 346. The highest BCUT2D eigenvalue weighted by atomic mass is 79.9. The topological polar surface area (TPSA) is 94.9 Å². The van der Waals surface area contributed by atoms with Crippen LogP contribution in [0.2, 0.25) is 0 Å². The fraction of sp³-hybridized carbons (Fsp3) is 0.727. The molecule has 0 radical (unpaired) electrons. The molecule has 6 nitrogen and oxygen atoms in total. The lowest BCUT2D eigenvalue weighted by Crippen LogP contribution is -2.42. The van der Waals surface area contributed by atoms with Gasteiger partial charge in [0.15, 0.2) is 0 Å². The summed E-state index contributed by atoms with van der Waals surface area (Å²) in [4.78, 5) is 34.6. The van der Waals surface area contributed by atoms with Crippen molar-refractivity contribution < 1.29 is 24.6 Å². The zero-order chi connectivity index (χ0) is 13.7. The summed E-state index contributed by atoms with van der Waals surface area (Å²) in [6.07, 6.45) is 0.721. The van der Waals surface area contributed by atoms with Gasteiger partial charge in [-0.3, -0.25) is 9.59 Å². The Morgan fingerprint density at radius 2 is 2.11 bits per heavy atom. The highest BCUT2D eigenvalue weighted by Crippen LogP contribution is 2.24. The van der Waals surface area contributed by atoms with Crippen LogP contribution in [0.3, 0.4) is 0 Å². The van der Waals surface area contributed by atoms with Crippen molar-refractivity contribution in [1.82, 2.24) is 4.90 Å². The minimum absolute atomic E-state index is 0.0757. The van der Waals surface area contributed by atoms with E-state index in [0.717, 1.165) is 0 Å². The molecule has 18 heavy (non-hydrogen) atoms. The number of halogens is 1. The number of amides is 1. The van der Waals surface area contributed by atoms with Crippen LogP contribution in [0.4, 0.5) is 0 Å². The zero-order valence-corrected chi connectivity index (χ0v) is 11.4. The number of hydrogen-bond acceptors (Lipinski definition) is 3. The maximum Gasteiger partial charge on any atom is 0.326 e. The third kappa shape index (κ3) is 3.97. The number of carboxylic acids is 2. The number of nitrogens with zero attached hydrogens (tertiary/aromatic N) is 1. The van der Waals surface area contributed by atoms with E-state index in [2.05, 4.69) is 15.9 Å². The monoisotopic (exact) mass is 321 g/mol. The second-order valence-corrected chi connectivity index (χ2v) is 5.06. The molecule has 0 aromatic rings. The lowest BCUT2D eigenvalue weighted by molar-refractivity contribution is -0.149. The Labute approximate surface area is 113 Å². The largest absolute Gasteiger partial charge is 0.481 e. The number of carboxylic acid groups (broad SMARTS) is 2. The molecule has 1 aliphatic heterocycles. The predicted molar refractivity (Wildman–Crippen MR) is 66.5 cm³/mol. The summed E-state index contributed by atoms with van der Waals surface area (Å²) >= 11 is 3.29. The number of carbonyl (C=O) groups is 3. The summed E-state index contributed by atoms with van der Waals surface area (Å²) in [5, 5.41) is 18.3. The van der Waals surface area contributed by atoms with Crippen LogP contribution >= 0.6 is 15.9 Å². The van der Waals surface area contributed by atoms with Gasteiger partial charge in [-0.1, -0.05) is 15.9 Å². The molecule has 0 aromatic carbocycles. The Kier molecular flexibility index (Phi) is 5.58. The predicted octanol–water partition coefficient (Wildman–Crippen LogP) is 0.938. The summed E-state index contributed by atoms with van der Waals surface area (Å²) in [6, 6.07) is -0.902. The average molecular weight is 322 g/mol. The Morgan fingerprint density at radius 3 is 2.56 bits per heavy atom. The maximum atomic E-state index is 11.7. The van der Waals surface area contributed by atoms with E-state index in [4.69, 9.17) is 10.2 Å². The summed E-state index contributed by atoms with van der Waals surface area (Å²) in [6.45, 7) is 0.425. The molecule has 1 fully saturated rings. The minimum atomic E-state index is -1.07. The number of aliphatic carboxylic acids is 2. The second kappa shape index (κ2) is 6.72. The van der Waals surface area contributed by atoms with Crippen LogP contribution in [0.15, 0.2) is 0 Å². The van der Waals surface area contributed by atoms with Gasteiger partial charge in [-0.25, -0.2) is 4.79 Å². The molecule has 7 heteroatoms. The van der Waals surface area contributed by atoms with E-state index in [1.807, 2.05) is 0 Å². The molecule has 0 aliphatic carbocycles. The summed E-state index contributed by atoms with van der Waals surface area (Å²) in [5.41, 5.74) is 0. The molecule has 1 rings (SSSR count). The maximum absolute atomic E-state index is 11.7. The summed E-state index contributed by atoms with van der Waals surface area (Å²) in [7, 11) is 0. The Morgan fingerprint density at radius 1 is 1.44 bits per heavy atom. The van der Waals surface area contributed by atoms with E-state index in [1.165, 1.54) is 4.90 Å². The zero-order valence-electron chi connectivity index (χ0n) is 9.84. The molecule has 2 unspecified atom stereocenters. The fourth-order valence-corrected chi connectivity index (χ4v) is 2.51. The van der Waals surface area contributed by atoms with Gasteiger partial charge in [-0.15, -0.1) is 0 Å². The molecule has 1 saturated heterocycles. The molecular formula is C11H16BrNO5. The number of rotatable bonds is 7. The van der Waals surface area contributed by atoms with Crippen molar-refractivity contribution >= 4 is 33.8 Å². The quantitative estimate of drug-likeness (QED) is 0.680.